The maximum absolute atomic E-state index is 11.5. The van der Waals surface area contributed by atoms with Crippen LogP contribution in [-0.2, 0) is 13.5 Å². The van der Waals surface area contributed by atoms with Crippen LogP contribution in [0.3, 0.4) is 0 Å². The highest BCUT2D eigenvalue weighted by molar-refractivity contribution is 7.16. The van der Waals surface area contributed by atoms with Gasteiger partial charge in [0.25, 0.3) is 0 Å². The number of halogens is 1. The van der Waals surface area contributed by atoms with Gasteiger partial charge in [0.1, 0.15) is 0 Å². The summed E-state index contributed by atoms with van der Waals surface area (Å²) >= 11 is 1.32. The largest absolute Gasteiger partial charge is 0.313 e. The SMILES string of the molecule is C=CCNCCCc1ccc2c(c1)sc(=O)n2C.Cl. The van der Waals surface area contributed by atoms with Crippen molar-refractivity contribution in [3.05, 3.63) is 46.1 Å². The zero-order chi connectivity index (χ0) is 13.0. The highest BCUT2D eigenvalue weighted by Crippen LogP contribution is 2.18. The fraction of sp³-hybridized carbons (Fsp3) is 0.357. The van der Waals surface area contributed by atoms with E-state index >= 15 is 0 Å². The van der Waals surface area contributed by atoms with Crippen molar-refractivity contribution in [3.63, 3.8) is 0 Å². The summed E-state index contributed by atoms with van der Waals surface area (Å²) in [7, 11) is 1.82. The first-order valence-corrected chi connectivity index (χ1v) is 6.94. The van der Waals surface area contributed by atoms with Gasteiger partial charge in [-0.3, -0.25) is 4.79 Å². The molecular formula is C14H19ClN2OS. The van der Waals surface area contributed by atoms with Crippen molar-refractivity contribution in [2.24, 2.45) is 7.05 Å². The molecule has 19 heavy (non-hydrogen) atoms. The molecule has 0 bridgehead atoms. The Labute approximate surface area is 123 Å². The number of hydrogen-bond acceptors (Lipinski definition) is 3. The minimum Gasteiger partial charge on any atom is -0.313 e. The predicted octanol–water partition coefficient (Wildman–Crippen LogP) is 2.73. The summed E-state index contributed by atoms with van der Waals surface area (Å²) in [5, 5.41) is 3.29. The van der Waals surface area contributed by atoms with E-state index < -0.39 is 0 Å². The summed E-state index contributed by atoms with van der Waals surface area (Å²) in [6, 6.07) is 6.29. The number of nitrogens with one attached hydrogen (secondary N) is 1. The van der Waals surface area contributed by atoms with Crippen molar-refractivity contribution in [3.8, 4) is 0 Å². The van der Waals surface area contributed by atoms with Gasteiger partial charge in [0.05, 0.1) is 10.2 Å². The fourth-order valence-corrected chi connectivity index (χ4v) is 2.90. The number of nitrogens with zero attached hydrogens (tertiary/aromatic N) is 1. The summed E-state index contributed by atoms with van der Waals surface area (Å²) in [6.45, 7) is 5.52. The van der Waals surface area contributed by atoms with E-state index in [2.05, 4.69) is 24.0 Å². The fourth-order valence-electron chi connectivity index (χ4n) is 1.96. The van der Waals surface area contributed by atoms with Gasteiger partial charge in [-0.15, -0.1) is 19.0 Å². The average molecular weight is 299 g/mol. The summed E-state index contributed by atoms with van der Waals surface area (Å²) in [4.78, 5) is 11.7. The van der Waals surface area contributed by atoms with Crippen LogP contribution in [0.1, 0.15) is 12.0 Å². The minimum absolute atomic E-state index is 0. The molecule has 1 aromatic heterocycles. The number of fused-ring (bicyclic) bond motifs is 1. The molecule has 0 spiro atoms. The number of aromatic nitrogens is 1. The van der Waals surface area contributed by atoms with Gasteiger partial charge in [-0.2, -0.15) is 0 Å². The van der Waals surface area contributed by atoms with Gasteiger partial charge in [0.15, 0.2) is 0 Å². The van der Waals surface area contributed by atoms with E-state index in [4.69, 9.17) is 0 Å². The van der Waals surface area contributed by atoms with Crippen molar-refractivity contribution in [2.45, 2.75) is 12.8 Å². The smallest absolute Gasteiger partial charge is 0.307 e. The third kappa shape index (κ3) is 3.93. The molecule has 3 nitrogen and oxygen atoms in total. The Morgan fingerprint density at radius 2 is 2.26 bits per heavy atom. The molecule has 104 valence electrons. The zero-order valence-corrected chi connectivity index (χ0v) is 12.6. The molecule has 0 unspecified atom stereocenters. The molecule has 0 aliphatic rings. The number of benzene rings is 1. The average Bonchev–Trinajstić information content (AvgIpc) is 2.65. The van der Waals surface area contributed by atoms with E-state index in [1.54, 1.807) is 4.57 Å². The normalized spacial score (nSPS) is 10.4. The van der Waals surface area contributed by atoms with E-state index in [0.29, 0.717) is 0 Å². The van der Waals surface area contributed by atoms with Gasteiger partial charge in [-0.05, 0) is 37.1 Å². The van der Waals surface area contributed by atoms with Crippen LogP contribution in [-0.4, -0.2) is 17.7 Å². The first-order valence-electron chi connectivity index (χ1n) is 6.12. The third-order valence-electron chi connectivity index (χ3n) is 2.96. The maximum Gasteiger partial charge on any atom is 0.307 e. The lowest BCUT2D eigenvalue weighted by Gasteiger charge is -2.03. The van der Waals surface area contributed by atoms with Crippen LogP contribution in [0.25, 0.3) is 10.2 Å². The van der Waals surface area contributed by atoms with Crippen LogP contribution in [0.4, 0.5) is 0 Å². The van der Waals surface area contributed by atoms with E-state index in [0.717, 1.165) is 36.1 Å². The highest BCUT2D eigenvalue weighted by atomic mass is 35.5. The van der Waals surface area contributed by atoms with Crippen LogP contribution in [0, 0.1) is 0 Å². The van der Waals surface area contributed by atoms with Gasteiger partial charge < -0.3 is 9.88 Å². The molecule has 2 rings (SSSR count). The molecule has 0 fully saturated rings. The topological polar surface area (TPSA) is 34.0 Å². The Kier molecular flexibility index (Phi) is 6.28. The van der Waals surface area contributed by atoms with Gasteiger partial charge in [-0.1, -0.05) is 23.5 Å². The number of hydrogen-bond donors (Lipinski definition) is 1. The lowest BCUT2D eigenvalue weighted by molar-refractivity contribution is 0.693. The Morgan fingerprint density at radius 3 is 3.00 bits per heavy atom. The van der Waals surface area contributed by atoms with Crippen LogP contribution in [0.2, 0.25) is 0 Å². The lowest BCUT2D eigenvalue weighted by Crippen LogP contribution is -2.15. The monoisotopic (exact) mass is 298 g/mol. The van der Waals surface area contributed by atoms with E-state index in [-0.39, 0.29) is 17.3 Å². The lowest BCUT2D eigenvalue weighted by atomic mass is 10.1. The Hall–Kier alpha value is -1.10. The molecule has 0 saturated heterocycles. The third-order valence-corrected chi connectivity index (χ3v) is 3.96. The molecular weight excluding hydrogens is 280 g/mol. The molecule has 1 aromatic carbocycles. The minimum atomic E-state index is 0. The van der Waals surface area contributed by atoms with Crippen molar-refractivity contribution in [1.82, 2.24) is 9.88 Å². The predicted molar refractivity (Wildman–Crippen MR) is 85.7 cm³/mol. The second-order valence-electron chi connectivity index (χ2n) is 4.33. The van der Waals surface area contributed by atoms with Crippen molar-refractivity contribution < 1.29 is 0 Å². The quantitative estimate of drug-likeness (QED) is 0.657. The van der Waals surface area contributed by atoms with Gasteiger partial charge >= 0.3 is 4.87 Å². The Morgan fingerprint density at radius 1 is 1.47 bits per heavy atom. The van der Waals surface area contributed by atoms with E-state index in [1.807, 2.05) is 19.2 Å². The van der Waals surface area contributed by atoms with Gasteiger partial charge in [0.2, 0.25) is 0 Å². The van der Waals surface area contributed by atoms with Crippen molar-refractivity contribution >= 4 is 34.0 Å². The van der Waals surface area contributed by atoms with Crippen LogP contribution < -0.4 is 10.2 Å². The van der Waals surface area contributed by atoms with Crippen LogP contribution in [0.5, 0.6) is 0 Å². The van der Waals surface area contributed by atoms with Gasteiger partial charge in [0, 0.05) is 13.6 Å². The molecule has 1 heterocycles. The molecule has 1 N–H and O–H groups in total. The van der Waals surface area contributed by atoms with Gasteiger partial charge in [-0.25, -0.2) is 0 Å². The summed E-state index contributed by atoms with van der Waals surface area (Å²) in [6.07, 6.45) is 4.00. The number of aryl methyl sites for hydroxylation is 2. The second kappa shape index (κ2) is 7.48. The van der Waals surface area contributed by atoms with Crippen molar-refractivity contribution in [2.75, 3.05) is 13.1 Å². The molecule has 0 aliphatic carbocycles. The highest BCUT2D eigenvalue weighted by Gasteiger charge is 2.04. The summed E-state index contributed by atoms with van der Waals surface area (Å²) in [5.74, 6) is 0. The number of rotatable bonds is 6. The molecule has 0 aliphatic heterocycles. The van der Waals surface area contributed by atoms with Crippen LogP contribution in [0.15, 0.2) is 35.6 Å². The Balaban J connectivity index is 0.00000180. The zero-order valence-electron chi connectivity index (χ0n) is 11.0. The van der Waals surface area contributed by atoms with Crippen molar-refractivity contribution in [1.29, 1.82) is 0 Å². The standard InChI is InChI=1S/C14H18N2OS.ClH/c1-3-8-15-9-4-5-11-6-7-12-13(10-11)18-14(17)16(12)2;/h3,6-7,10,15H,1,4-5,8-9H2,2H3;1H. The molecule has 2 aromatic rings. The molecule has 0 atom stereocenters. The molecule has 5 heteroatoms. The van der Waals surface area contributed by atoms with Crippen LogP contribution >= 0.6 is 23.7 Å². The molecule has 0 saturated carbocycles. The maximum atomic E-state index is 11.5. The van der Waals surface area contributed by atoms with E-state index in [1.165, 1.54) is 16.9 Å². The second-order valence-corrected chi connectivity index (χ2v) is 5.32. The first-order chi connectivity index (χ1) is 8.72. The van der Waals surface area contributed by atoms with E-state index in [9.17, 15) is 4.79 Å². The number of thiazole rings is 1. The molecule has 0 radical (unpaired) electrons. The Bertz CT molecular complexity index is 603. The molecule has 0 amide bonds. The summed E-state index contributed by atoms with van der Waals surface area (Å²) in [5.41, 5.74) is 2.32. The first kappa shape index (κ1) is 16.0. The summed E-state index contributed by atoms with van der Waals surface area (Å²) < 4.78 is 2.79.